The molecule has 0 fully saturated rings. The minimum Gasteiger partial charge on any atom is -0.479 e. The minimum absolute atomic E-state index is 0.0344. The van der Waals surface area contributed by atoms with Crippen LogP contribution in [0.25, 0.3) is 0 Å². The molecule has 4 rings (SSSR count). The second kappa shape index (κ2) is 7.46. The van der Waals surface area contributed by atoms with E-state index in [1.54, 1.807) is 50.4 Å². The molecule has 1 atom stereocenters. The van der Waals surface area contributed by atoms with Gasteiger partial charge >= 0.3 is 0 Å². The number of nitrogens with zero attached hydrogens (tertiary/aromatic N) is 1. The number of fused-ring (bicyclic) bond motifs is 2. The van der Waals surface area contributed by atoms with Crippen LogP contribution in [0.5, 0.6) is 17.2 Å². The van der Waals surface area contributed by atoms with Crippen molar-refractivity contribution in [3.63, 3.8) is 0 Å². The highest BCUT2D eigenvalue weighted by molar-refractivity contribution is 6.04. The van der Waals surface area contributed by atoms with E-state index < -0.39 is 6.10 Å². The summed E-state index contributed by atoms with van der Waals surface area (Å²) in [6.07, 6.45) is -0.481. The number of nitrogens with one attached hydrogen (secondary N) is 1. The summed E-state index contributed by atoms with van der Waals surface area (Å²) in [7, 11) is 1.65. The topological polar surface area (TPSA) is 94.2 Å². The number of anilines is 2. The highest BCUT2D eigenvalue weighted by atomic mass is 16.7. The molecule has 0 saturated heterocycles. The Balaban J connectivity index is 1.37. The third kappa shape index (κ3) is 3.73. The van der Waals surface area contributed by atoms with Crippen molar-refractivity contribution >= 4 is 29.0 Å². The van der Waals surface area contributed by atoms with Crippen LogP contribution in [0.4, 0.5) is 11.4 Å². The van der Waals surface area contributed by atoms with Crippen molar-refractivity contribution in [3.05, 3.63) is 42.0 Å². The Kier molecular flexibility index (Phi) is 4.84. The van der Waals surface area contributed by atoms with E-state index in [1.807, 2.05) is 0 Å². The molecule has 2 heterocycles. The van der Waals surface area contributed by atoms with Gasteiger partial charge in [-0.15, -0.1) is 0 Å². The Morgan fingerprint density at radius 3 is 2.66 bits per heavy atom. The summed E-state index contributed by atoms with van der Waals surface area (Å²) in [6, 6.07) is 10.1. The first kappa shape index (κ1) is 18.8. The van der Waals surface area contributed by atoms with Crippen LogP contribution < -0.4 is 24.4 Å². The van der Waals surface area contributed by atoms with Crippen LogP contribution in [0.15, 0.2) is 36.4 Å². The predicted octanol–water partition coefficient (Wildman–Crippen LogP) is 2.76. The van der Waals surface area contributed by atoms with Crippen molar-refractivity contribution in [1.82, 2.24) is 0 Å². The molecule has 2 aliphatic heterocycles. The summed E-state index contributed by atoms with van der Waals surface area (Å²) in [6.45, 7) is 1.84. The first-order valence-electron chi connectivity index (χ1n) is 9.23. The number of ether oxygens (including phenoxy) is 3. The lowest BCUT2D eigenvalue weighted by Gasteiger charge is -2.30. The van der Waals surface area contributed by atoms with Gasteiger partial charge in [-0.2, -0.15) is 0 Å². The first-order valence-corrected chi connectivity index (χ1v) is 9.23. The minimum atomic E-state index is -0.561. The van der Waals surface area contributed by atoms with Gasteiger partial charge in [0.25, 0.3) is 5.91 Å². The molecule has 1 N–H and O–H groups in total. The van der Waals surface area contributed by atoms with Crippen LogP contribution >= 0.6 is 0 Å². The van der Waals surface area contributed by atoms with E-state index in [0.717, 1.165) is 0 Å². The molecule has 2 amide bonds. The molecule has 8 heteroatoms. The zero-order valence-corrected chi connectivity index (χ0v) is 16.1. The number of amides is 2. The molecule has 2 aliphatic rings. The Morgan fingerprint density at radius 1 is 1.07 bits per heavy atom. The summed E-state index contributed by atoms with van der Waals surface area (Å²) in [5.41, 5.74) is 1.55. The van der Waals surface area contributed by atoms with Gasteiger partial charge < -0.3 is 24.4 Å². The van der Waals surface area contributed by atoms with Gasteiger partial charge in [-0.05, 0) is 37.3 Å². The molecule has 150 valence electrons. The van der Waals surface area contributed by atoms with Gasteiger partial charge in [0.15, 0.2) is 23.4 Å². The highest BCUT2D eigenvalue weighted by Gasteiger charge is 2.29. The van der Waals surface area contributed by atoms with E-state index in [4.69, 9.17) is 14.2 Å². The van der Waals surface area contributed by atoms with E-state index in [-0.39, 0.29) is 37.2 Å². The van der Waals surface area contributed by atoms with Crippen LogP contribution in [0, 0.1) is 0 Å². The molecule has 2 aromatic carbocycles. The molecular weight excluding hydrogens is 376 g/mol. The van der Waals surface area contributed by atoms with Crippen molar-refractivity contribution < 1.29 is 28.6 Å². The number of likely N-dealkylation sites (N-methyl/N-ethyl adjacent to an activating group) is 1. The van der Waals surface area contributed by atoms with Crippen LogP contribution in [-0.4, -0.2) is 37.5 Å². The number of benzene rings is 2. The van der Waals surface area contributed by atoms with E-state index in [1.165, 1.54) is 4.90 Å². The van der Waals surface area contributed by atoms with Crippen molar-refractivity contribution in [2.45, 2.75) is 25.9 Å². The summed E-state index contributed by atoms with van der Waals surface area (Å²) in [5.74, 6) is 1.12. The second-order valence-electron chi connectivity index (χ2n) is 6.88. The number of Topliss-reactive ketones (excluding diaryl/α,β-unsaturated/α-hetero) is 1. The van der Waals surface area contributed by atoms with E-state index in [9.17, 15) is 14.4 Å². The van der Waals surface area contributed by atoms with Gasteiger partial charge in [-0.1, -0.05) is 0 Å². The van der Waals surface area contributed by atoms with Crippen molar-refractivity contribution in [1.29, 1.82) is 0 Å². The lowest BCUT2D eigenvalue weighted by molar-refractivity contribution is -0.125. The standard InChI is InChI=1S/C21H20N2O6/c1-12-21(26)23(2)15-9-13(3-6-17(15)29-12)16(24)5-8-20(25)22-14-4-7-18-19(10-14)28-11-27-18/h3-4,6-7,9-10,12H,5,8,11H2,1-2H3,(H,22,25). The van der Waals surface area contributed by atoms with Crippen LogP contribution in [0.3, 0.4) is 0 Å². The fourth-order valence-electron chi connectivity index (χ4n) is 3.25. The van der Waals surface area contributed by atoms with E-state index in [0.29, 0.717) is 34.2 Å². The summed E-state index contributed by atoms with van der Waals surface area (Å²) < 4.78 is 16.1. The van der Waals surface area contributed by atoms with Crippen molar-refractivity contribution in [2.75, 3.05) is 24.1 Å². The fraction of sp³-hybridized carbons (Fsp3) is 0.286. The van der Waals surface area contributed by atoms with Gasteiger partial charge in [-0.25, -0.2) is 0 Å². The zero-order chi connectivity index (χ0) is 20.5. The van der Waals surface area contributed by atoms with E-state index in [2.05, 4.69) is 5.32 Å². The molecule has 0 radical (unpaired) electrons. The molecule has 0 saturated carbocycles. The molecule has 8 nitrogen and oxygen atoms in total. The average molecular weight is 396 g/mol. The van der Waals surface area contributed by atoms with E-state index >= 15 is 0 Å². The van der Waals surface area contributed by atoms with Crippen LogP contribution in [-0.2, 0) is 9.59 Å². The number of hydrogen-bond donors (Lipinski definition) is 1. The zero-order valence-electron chi connectivity index (χ0n) is 16.1. The third-order valence-corrected chi connectivity index (χ3v) is 4.86. The Morgan fingerprint density at radius 2 is 1.83 bits per heavy atom. The van der Waals surface area contributed by atoms with Gasteiger partial charge in [-0.3, -0.25) is 14.4 Å². The van der Waals surface area contributed by atoms with Gasteiger partial charge in [0.1, 0.15) is 5.75 Å². The molecular formula is C21H20N2O6. The van der Waals surface area contributed by atoms with Gasteiger partial charge in [0, 0.05) is 37.2 Å². The number of rotatable bonds is 5. The Bertz CT molecular complexity index is 1000. The number of carbonyl (C=O) groups is 3. The predicted molar refractivity (Wildman–Crippen MR) is 105 cm³/mol. The maximum Gasteiger partial charge on any atom is 0.267 e. The molecule has 2 aromatic rings. The molecule has 29 heavy (non-hydrogen) atoms. The maximum absolute atomic E-state index is 12.5. The lowest BCUT2D eigenvalue weighted by Crippen LogP contribution is -2.42. The quantitative estimate of drug-likeness (QED) is 0.781. The lowest BCUT2D eigenvalue weighted by atomic mass is 10.0. The van der Waals surface area contributed by atoms with Gasteiger partial charge in [0.05, 0.1) is 5.69 Å². The number of hydrogen-bond acceptors (Lipinski definition) is 6. The Labute approximate surface area is 167 Å². The number of carbonyl (C=O) groups excluding carboxylic acids is 3. The average Bonchev–Trinajstić information content (AvgIpc) is 3.18. The molecule has 0 aromatic heterocycles. The molecule has 0 bridgehead atoms. The fourth-order valence-corrected chi connectivity index (χ4v) is 3.25. The van der Waals surface area contributed by atoms with Crippen LogP contribution in [0.2, 0.25) is 0 Å². The van der Waals surface area contributed by atoms with Crippen molar-refractivity contribution in [2.24, 2.45) is 0 Å². The summed E-state index contributed by atoms with van der Waals surface area (Å²) in [4.78, 5) is 38.3. The molecule has 0 aliphatic carbocycles. The molecule has 0 spiro atoms. The third-order valence-electron chi connectivity index (χ3n) is 4.86. The monoisotopic (exact) mass is 396 g/mol. The smallest absolute Gasteiger partial charge is 0.267 e. The summed E-state index contributed by atoms with van der Waals surface area (Å²) in [5, 5.41) is 2.75. The van der Waals surface area contributed by atoms with Crippen molar-refractivity contribution in [3.8, 4) is 17.2 Å². The second-order valence-corrected chi connectivity index (χ2v) is 6.88. The Hall–Kier alpha value is -3.55. The van der Waals surface area contributed by atoms with Gasteiger partial charge in [0.2, 0.25) is 12.7 Å². The maximum atomic E-state index is 12.5. The molecule has 1 unspecified atom stereocenters. The first-order chi connectivity index (χ1) is 13.9. The highest BCUT2D eigenvalue weighted by Crippen LogP contribution is 2.35. The normalized spacial score (nSPS) is 16.8. The largest absolute Gasteiger partial charge is 0.479 e. The van der Waals surface area contributed by atoms with Crippen LogP contribution in [0.1, 0.15) is 30.1 Å². The summed E-state index contributed by atoms with van der Waals surface area (Å²) >= 11 is 0. The SMILES string of the molecule is CC1Oc2ccc(C(=O)CCC(=O)Nc3ccc4c(c3)OCO4)cc2N(C)C1=O. The number of ketones is 1.